The Bertz CT molecular complexity index is 953. The van der Waals surface area contributed by atoms with Crippen LogP contribution in [0.2, 0.25) is 5.02 Å². The van der Waals surface area contributed by atoms with E-state index in [0.717, 1.165) is 47.8 Å². The Kier molecular flexibility index (Phi) is 5.01. The predicted octanol–water partition coefficient (Wildman–Crippen LogP) is 3.26. The maximum atomic E-state index is 12.3. The SMILES string of the molecule is CNC(=O)c1cnc2[nH]ccc2c1N[C@H]1CCN(Cc2ccc(Cl)cc2)C1. The van der Waals surface area contributed by atoms with Crippen molar-refractivity contribution < 1.29 is 4.79 Å². The van der Waals surface area contributed by atoms with Gasteiger partial charge in [-0.3, -0.25) is 9.69 Å². The first kappa shape index (κ1) is 17.8. The summed E-state index contributed by atoms with van der Waals surface area (Å²) >= 11 is 5.97. The molecule has 3 aromatic rings. The van der Waals surface area contributed by atoms with Crippen molar-refractivity contribution in [1.82, 2.24) is 20.2 Å². The number of hydrogen-bond acceptors (Lipinski definition) is 4. The summed E-state index contributed by atoms with van der Waals surface area (Å²) in [7, 11) is 1.64. The minimum absolute atomic E-state index is 0.135. The summed E-state index contributed by atoms with van der Waals surface area (Å²) in [6.07, 6.45) is 4.49. The molecule has 0 radical (unpaired) electrons. The topological polar surface area (TPSA) is 73.0 Å². The summed E-state index contributed by atoms with van der Waals surface area (Å²) in [6, 6.07) is 10.2. The van der Waals surface area contributed by atoms with Crippen molar-refractivity contribution in [2.45, 2.75) is 19.0 Å². The maximum Gasteiger partial charge on any atom is 0.254 e. The Labute approximate surface area is 162 Å². The van der Waals surface area contributed by atoms with E-state index in [0.29, 0.717) is 5.56 Å². The van der Waals surface area contributed by atoms with E-state index in [9.17, 15) is 4.79 Å². The number of amides is 1. The first-order valence-corrected chi connectivity index (χ1v) is 9.43. The van der Waals surface area contributed by atoms with Crippen LogP contribution in [-0.4, -0.2) is 47.0 Å². The number of H-pyrrole nitrogens is 1. The van der Waals surface area contributed by atoms with Crippen molar-refractivity contribution in [1.29, 1.82) is 0 Å². The molecule has 6 nitrogen and oxygen atoms in total. The lowest BCUT2D eigenvalue weighted by Crippen LogP contribution is -2.28. The largest absolute Gasteiger partial charge is 0.380 e. The number of rotatable bonds is 5. The fourth-order valence-electron chi connectivity index (χ4n) is 3.62. The third kappa shape index (κ3) is 3.77. The van der Waals surface area contributed by atoms with Gasteiger partial charge in [0.25, 0.3) is 5.91 Å². The molecule has 0 saturated carbocycles. The van der Waals surface area contributed by atoms with E-state index >= 15 is 0 Å². The van der Waals surface area contributed by atoms with E-state index in [1.54, 1.807) is 13.2 Å². The third-order valence-electron chi connectivity index (χ3n) is 5.00. The quantitative estimate of drug-likeness (QED) is 0.632. The van der Waals surface area contributed by atoms with Crippen LogP contribution in [0.4, 0.5) is 5.69 Å². The van der Waals surface area contributed by atoms with Gasteiger partial charge in [0, 0.05) is 55.5 Å². The molecular weight excluding hydrogens is 362 g/mol. The summed E-state index contributed by atoms with van der Waals surface area (Å²) in [6.45, 7) is 2.83. The molecular formula is C20H22ClN5O. The number of pyridine rings is 1. The fourth-order valence-corrected chi connectivity index (χ4v) is 3.74. The second-order valence-electron chi connectivity index (χ2n) is 6.86. The summed E-state index contributed by atoms with van der Waals surface area (Å²) < 4.78 is 0. The molecule has 0 spiro atoms. The fraction of sp³-hybridized carbons (Fsp3) is 0.300. The van der Waals surface area contributed by atoms with Gasteiger partial charge < -0.3 is 15.6 Å². The maximum absolute atomic E-state index is 12.3. The van der Waals surface area contributed by atoms with Crippen molar-refractivity contribution in [3.05, 3.63) is 58.9 Å². The van der Waals surface area contributed by atoms with Gasteiger partial charge in [0.1, 0.15) is 5.65 Å². The lowest BCUT2D eigenvalue weighted by Gasteiger charge is -2.19. The lowest BCUT2D eigenvalue weighted by molar-refractivity contribution is 0.0963. The standard InChI is InChI=1S/C20H22ClN5O/c1-22-20(27)17-10-24-19-16(6-8-23-19)18(17)25-15-7-9-26(12-15)11-13-2-4-14(21)5-3-13/h2-6,8,10,15H,7,9,11-12H2,1H3,(H,22,27)(H2,23,24,25)/t15-/m0/s1. The highest BCUT2D eigenvalue weighted by Gasteiger charge is 2.25. The second kappa shape index (κ2) is 7.58. The molecule has 4 rings (SSSR count). The minimum atomic E-state index is -0.135. The summed E-state index contributed by atoms with van der Waals surface area (Å²) in [4.78, 5) is 22.2. The van der Waals surface area contributed by atoms with Crippen molar-refractivity contribution in [2.24, 2.45) is 0 Å². The van der Waals surface area contributed by atoms with E-state index < -0.39 is 0 Å². The molecule has 0 aliphatic carbocycles. The van der Waals surface area contributed by atoms with Gasteiger partial charge in [-0.25, -0.2) is 4.98 Å². The van der Waals surface area contributed by atoms with Crippen LogP contribution in [0.5, 0.6) is 0 Å². The normalized spacial score (nSPS) is 17.3. The zero-order valence-electron chi connectivity index (χ0n) is 15.1. The van der Waals surface area contributed by atoms with E-state index in [4.69, 9.17) is 11.6 Å². The molecule has 0 unspecified atom stereocenters. The number of aromatic amines is 1. The lowest BCUT2D eigenvalue weighted by atomic mass is 10.1. The average molecular weight is 384 g/mol. The number of carbonyl (C=O) groups excluding carboxylic acids is 1. The molecule has 1 aliphatic rings. The van der Waals surface area contributed by atoms with E-state index in [-0.39, 0.29) is 11.9 Å². The molecule has 1 atom stereocenters. The molecule has 1 amide bonds. The van der Waals surface area contributed by atoms with Crippen LogP contribution < -0.4 is 10.6 Å². The van der Waals surface area contributed by atoms with Gasteiger partial charge in [0.05, 0.1) is 11.3 Å². The predicted molar refractivity (Wildman–Crippen MR) is 108 cm³/mol. The monoisotopic (exact) mass is 383 g/mol. The highest BCUT2D eigenvalue weighted by Crippen LogP contribution is 2.28. The van der Waals surface area contributed by atoms with Crippen LogP contribution in [0.3, 0.4) is 0 Å². The minimum Gasteiger partial charge on any atom is -0.380 e. The first-order valence-electron chi connectivity index (χ1n) is 9.05. The van der Waals surface area contributed by atoms with Crippen LogP contribution in [0.1, 0.15) is 22.3 Å². The van der Waals surface area contributed by atoms with Crippen molar-refractivity contribution in [3.8, 4) is 0 Å². The Hall–Kier alpha value is -2.57. The van der Waals surface area contributed by atoms with Gasteiger partial charge in [-0.15, -0.1) is 0 Å². The number of fused-ring (bicyclic) bond motifs is 1. The number of nitrogens with zero attached hydrogens (tertiary/aromatic N) is 2. The zero-order valence-corrected chi connectivity index (χ0v) is 15.9. The molecule has 140 valence electrons. The molecule has 1 aliphatic heterocycles. The molecule has 7 heteroatoms. The van der Waals surface area contributed by atoms with Gasteiger partial charge in [0.2, 0.25) is 0 Å². The van der Waals surface area contributed by atoms with Crippen molar-refractivity contribution >= 4 is 34.2 Å². The summed E-state index contributed by atoms with van der Waals surface area (Å²) in [5.74, 6) is -0.135. The van der Waals surface area contributed by atoms with Gasteiger partial charge in [-0.1, -0.05) is 23.7 Å². The van der Waals surface area contributed by atoms with E-state index in [2.05, 4.69) is 37.6 Å². The number of halogens is 1. The van der Waals surface area contributed by atoms with Gasteiger partial charge in [-0.05, 0) is 30.2 Å². The Morgan fingerprint density at radius 1 is 1.33 bits per heavy atom. The van der Waals surface area contributed by atoms with Crippen LogP contribution >= 0.6 is 11.6 Å². The Balaban J connectivity index is 1.50. The molecule has 3 heterocycles. The number of likely N-dealkylation sites (tertiary alicyclic amines) is 1. The number of hydrogen-bond donors (Lipinski definition) is 3. The molecule has 1 aromatic carbocycles. The average Bonchev–Trinajstić information content (AvgIpc) is 3.33. The van der Waals surface area contributed by atoms with Crippen LogP contribution in [-0.2, 0) is 6.54 Å². The van der Waals surface area contributed by atoms with Crippen LogP contribution in [0.15, 0.2) is 42.7 Å². The number of carbonyl (C=O) groups is 1. The third-order valence-corrected chi connectivity index (χ3v) is 5.25. The Morgan fingerprint density at radius 3 is 2.93 bits per heavy atom. The van der Waals surface area contributed by atoms with Crippen molar-refractivity contribution in [3.63, 3.8) is 0 Å². The Morgan fingerprint density at radius 2 is 2.15 bits per heavy atom. The molecule has 1 fully saturated rings. The highest BCUT2D eigenvalue weighted by molar-refractivity contribution is 6.30. The smallest absolute Gasteiger partial charge is 0.254 e. The number of benzene rings is 1. The van der Waals surface area contributed by atoms with Crippen molar-refractivity contribution in [2.75, 3.05) is 25.5 Å². The molecule has 27 heavy (non-hydrogen) atoms. The summed E-state index contributed by atoms with van der Waals surface area (Å²) in [5.41, 5.74) is 3.45. The number of aromatic nitrogens is 2. The number of anilines is 1. The van der Waals surface area contributed by atoms with E-state index in [1.807, 2.05) is 24.4 Å². The van der Waals surface area contributed by atoms with Gasteiger partial charge in [0.15, 0.2) is 0 Å². The molecule has 1 saturated heterocycles. The van der Waals surface area contributed by atoms with E-state index in [1.165, 1.54) is 5.56 Å². The molecule has 3 N–H and O–H groups in total. The van der Waals surface area contributed by atoms with Gasteiger partial charge >= 0.3 is 0 Å². The summed E-state index contributed by atoms with van der Waals surface area (Å²) in [5, 5.41) is 7.99. The first-order chi connectivity index (χ1) is 13.1. The molecule has 0 bridgehead atoms. The molecule has 2 aromatic heterocycles. The second-order valence-corrected chi connectivity index (χ2v) is 7.29. The zero-order chi connectivity index (χ0) is 18.8. The highest BCUT2D eigenvalue weighted by atomic mass is 35.5. The van der Waals surface area contributed by atoms with Crippen LogP contribution in [0.25, 0.3) is 11.0 Å². The van der Waals surface area contributed by atoms with Crippen LogP contribution in [0, 0.1) is 0 Å². The van der Waals surface area contributed by atoms with Gasteiger partial charge in [-0.2, -0.15) is 0 Å². The number of nitrogens with one attached hydrogen (secondary N) is 3.